The van der Waals surface area contributed by atoms with Crippen molar-refractivity contribution in [3.05, 3.63) is 33.0 Å². The van der Waals surface area contributed by atoms with E-state index in [-0.39, 0.29) is 6.04 Å². The lowest BCUT2D eigenvalue weighted by Gasteiger charge is -2.16. The van der Waals surface area contributed by atoms with Crippen molar-refractivity contribution in [2.75, 3.05) is 6.54 Å². The number of halogens is 1. The highest BCUT2D eigenvalue weighted by Crippen LogP contribution is 2.26. The Kier molecular flexibility index (Phi) is 4.96. The Labute approximate surface area is 122 Å². The van der Waals surface area contributed by atoms with Crippen LogP contribution in [-0.4, -0.2) is 21.3 Å². The van der Waals surface area contributed by atoms with E-state index in [0.717, 1.165) is 41.6 Å². The molecule has 0 aliphatic rings. The largest absolute Gasteiger partial charge is 0.309 e. The summed E-state index contributed by atoms with van der Waals surface area (Å²) in [5, 5.41) is 10.8. The highest BCUT2D eigenvalue weighted by molar-refractivity contribution is 7.07. The van der Waals surface area contributed by atoms with Gasteiger partial charge in [-0.2, -0.15) is 5.10 Å². The topological polar surface area (TPSA) is 42.7 Å². The number of thiazole rings is 1. The Morgan fingerprint density at radius 2 is 2.26 bits per heavy atom. The summed E-state index contributed by atoms with van der Waals surface area (Å²) in [6.07, 6.45) is 0.811. The van der Waals surface area contributed by atoms with Crippen LogP contribution in [0.15, 0.2) is 10.9 Å². The number of rotatable bonds is 6. The third kappa shape index (κ3) is 3.16. The highest BCUT2D eigenvalue weighted by Gasteiger charge is 2.19. The summed E-state index contributed by atoms with van der Waals surface area (Å²) >= 11 is 7.99. The number of nitrogens with one attached hydrogen (secondary N) is 1. The maximum atomic E-state index is 6.37. The Balaban J connectivity index is 2.27. The van der Waals surface area contributed by atoms with E-state index in [0.29, 0.717) is 0 Å². The van der Waals surface area contributed by atoms with Gasteiger partial charge in [-0.1, -0.05) is 18.5 Å². The van der Waals surface area contributed by atoms with Crippen molar-refractivity contribution in [3.63, 3.8) is 0 Å². The quantitative estimate of drug-likeness (QED) is 0.890. The van der Waals surface area contributed by atoms with Crippen molar-refractivity contribution < 1.29 is 0 Å². The Hall–Kier alpha value is -0.910. The van der Waals surface area contributed by atoms with Crippen molar-refractivity contribution >= 4 is 22.9 Å². The monoisotopic (exact) mass is 298 g/mol. The van der Waals surface area contributed by atoms with Gasteiger partial charge in [0.25, 0.3) is 0 Å². The lowest BCUT2D eigenvalue weighted by molar-refractivity contribution is 0.508. The van der Waals surface area contributed by atoms with Gasteiger partial charge in [0.05, 0.1) is 33.7 Å². The number of aromatic nitrogens is 3. The predicted octanol–water partition coefficient (Wildman–Crippen LogP) is 3.21. The van der Waals surface area contributed by atoms with Crippen molar-refractivity contribution in [2.45, 2.75) is 39.8 Å². The second-order valence-corrected chi connectivity index (χ2v) is 5.49. The van der Waals surface area contributed by atoms with E-state index in [1.807, 2.05) is 17.1 Å². The zero-order chi connectivity index (χ0) is 13.8. The fraction of sp³-hybridized carbons (Fsp3) is 0.538. The molecule has 0 saturated carbocycles. The SMILES string of the molecule is CCNC(Cc1c(Cl)c(C)nn1CC)c1cscn1. The average Bonchev–Trinajstić information content (AvgIpc) is 3.01. The van der Waals surface area contributed by atoms with Crippen molar-refractivity contribution in [1.29, 1.82) is 0 Å². The molecule has 0 saturated heterocycles. The Morgan fingerprint density at radius 3 is 2.84 bits per heavy atom. The first-order valence-electron chi connectivity index (χ1n) is 6.50. The van der Waals surface area contributed by atoms with Gasteiger partial charge in [-0.15, -0.1) is 11.3 Å². The molecule has 2 aromatic heterocycles. The molecule has 4 nitrogen and oxygen atoms in total. The molecule has 0 spiro atoms. The summed E-state index contributed by atoms with van der Waals surface area (Å²) in [7, 11) is 0. The second-order valence-electron chi connectivity index (χ2n) is 4.39. The number of hydrogen-bond donors (Lipinski definition) is 1. The van der Waals surface area contributed by atoms with Crippen LogP contribution in [0.5, 0.6) is 0 Å². The lowest BCUT2D eigenvalue weighted by atomic mass is 10.1. The Morgan fingerprint density at radius 1 is 1.47 bits per heavy atom. The minimum absolute atomic E-state index is 0.190. The molecule has 0 aliphatic carbocycles. The predicted molar refractivity (Wildman–Crippen MR) is 79.9 cm³/mol. The van der Waals surface area contributed by atoms with Crippen LogP contribution in [0.1, 0.15) is 37.0 Å². The van der Waals surface area contributed by atoms with Crippen LogP contribution >= 0.6 is 22.9 Å². The molecule has 1 atom stereocenters. The van der Waals surface area contributed by atoms with E-state index < -0.39 is 0 Å². The Bertz CT molecular complexity index is 521. The summed E-state index contributed by atoms with van der Waals surface area (Å²) in [4.78, 5) is 4.41. The van der Waals surface area contributed by atoms with Gasteiger partial charge in [0.15, 0.2) is 0 Å². The highest BCUT2D eigenvalue weighted by atomic mass is 35.5. The first-order valence-corrected chi connectivity index (χ1v) is 7.82. The minimum Gasteiger partial charge on any atom is -0.309 e. The molecule has 0 radical (unpaired) electrons. The van der Waals surface area contributed by atoms with Gasteiger partial charge in [-0.3, -0.25) is 4.68 Å². The van der Waals surface area contributed by atoms with Crippen LogP contribution in [0.2, 0.25) is 5.02 Å². The van der Waals surface area contributed by atoms with E-state index in [1.165, 1.54) is 0 Å². The van der Waals surface area contributed by atoms with Crippen molar-refractivity contribution in [1.82, 2.24) is 20.1 Å². The standard InChI is InChI=1S/C13H19ClN4S/c1-4-15-10(11-7-19-8-16-11)6-12-13(14)9(3)17-18(12)5-2/h7-8,10,15H,4-6H2,1-3H3. The smallest absolute Gasteiger partial charge is 0.0847 e. The molecule has 2 rings (SSSR count). The minimum atomic E-state index is 0.190. The fourth-order valence-electron chi connectivity index (χ4n) is 2.18. The number of hydrogen-bond acceptors (Lipinski definition) is 4. The summed E-state index contributed by atoms with van der Waals surface area (Å²) in [6.45, 7) is 7.86. The van der Waals surface area contributed by atoms with Gasteiger partial charge in [0, 0.05) is 18.3 Å². The molecule has 19 heavy (non-hydrogen) atoms. The van der Waals surface area contributed by atoms with Gasteiger partial charge in [-0.25, -0.2) is 4.98 Å². The van der Waals surface area contributed by atoms with Gasteiger partial charge in [0.1, 0.15) is 0 Å². The number of likely N-dealkylation sites (N-methyl/N-ethyl adjacent to an activating group) is 1. The average molecular weight is 299 g/mol. The van der Waals surface area contributed by atoms with Crippen LogP contribution in [0.4, 0.5) is 0 Å². The zero-order valence-corrected chi connectivity index (χ0v) is 13.1. The van der Waals surface area contributed by atoms with Gasteiger partial charge >= 0.3 is 0 Å². The number of nitrogens with zero attached hydrogens (tertiary/aromatic N) is 3. The second kappa shape index (κ2) is 6.50. The molecule has 104 valence electrons. The molecule has 0 amide bonds. The van der Waals surface area contributed by atoms with E-state index >= 15 is 0 Å². The third-order valence-corrected chi connectivity index (χ3v) is 4.21. The van der Waals surface area contributed by atoms with Crippen molar-refractivity contribution in [3.8, 4) is 0 Å². The summed E-state index contributed by atoms with van der Waals surface area (Å²) in [6, 6.07) is 0.190. The fourth-order valence-corrected chi connectivity index (χ4v) is 3.00. The first kappa shape index (κ1) is 14.5. The molecular formula is C13H19ClN4S. The molecule has 1 N–H and O–H groups in total. The molecule has 2 aromatic rings. The van der Waals surface area contributed by atoms with Crippen LogP contribution in [0, 0.1) is 6.92 Å². The summed E-state index contributed by atoms with van der Waals surface area (Å²) in [5.74, 6) is 0. The molecule has 2 heterocycles. The van der Waals surface area contributed by atoms with Gasteiger partial charge in [-0.05, 0) is 20.4 Å². The molecule has 0 aliphatic heterocycles. The van der Waals surface area contributed by atoms with E-state index in [4.69, 9.17) is 11.6 Å². The molecule has 0 fully saturated rings. The van der Waals surface area contributed by atoms with Crippen LogP contribution in [0.3, 0.4) is 0 Å². The first-order chi connectivity index (χ1) is 9.17. The molecule has 0 aromatic carbocycles. The van der Waals surface area contributed by atoms with E-state index in [1.54, 1.807) is 11.3 Å². The molecule has 6 heteroatoms. The molecule has 1 unspecified atom stereocenters. The summed E-state index contributed by atoms with van der Waals surface area (Å²) in [5.41, 5.74) is 4.92. The third-order valence-electron chi connectivity index (χ3n) is 3.11. The lowest BCUT2D eigenvalue weighted by Crippen LogP contribution is -2.24. The molecule has 0 bridgehead atoms. The maximum absolute atomic E-state index is 6.37. The summed E-state index contributed by atoms with van der Waals surface area (Å²) < 4.78 is 1.98. The van der Waals surface area contributed by atoms with Gasteiger partial charge in [0.2, 0.25) is 0 Å². The molecular weight excluding hydrogens is 280 g/mol. The number of aryl methyl sites for hydroxylation is 2. The maximum Gasteiger partial charge on any atom is 0.0847 e. The van der Waals surface area contributed by atoms with Crippen LogP contribution in [-0.2, 0) is 13.0 Å². The normalized spacial score (nSPS) is 12.8. The van der Waals surface area contributed by atoms with Crippen molar-refractivity contribution in [2.24, 2.45) is 0 Å². The van der Waals surface area contributed by atoms with Crippen LogP contribution < -0.4 is 5.32 Å². The van der Waals surface area contributed by atoms with Crippen LogP contribution in [0.25, 0.3) is 0 Å². The van der Waals surface area contributed by atoms with Gasteiger partial charge < -0.3 is 5.32 Å². The zero-order valence-electron chi connectivity index (χ0n) is 11.5. The van der Waals surface area contributed by atoms with E-state index in [9.17, 15) is 0 Å². The van der Waals surface area contributed by atoms with E-state index in [2.05, 4.69) is 34.6 Å².